The summed E-state index contributed by atoms with van der Waals surface area (Å²) < 4.78 is 64.9. The molecule has 0 fully saturated rings. The Hall–Kier alpha value is -1.82. The van der Waals surface area contributed by atoms with Crippen LogP contribution in [0.25, 0.3) is 35.4 Å². The minimum absolute atomic E-state index is 0. The maximum absolute atomic E-state index is 11.5. The zero-order valence-corrected chi connectivity index (χ0v) is 26.5. The van der Waals surface area contributed by atoms with E-state index < -0.39 is 20.2 Å². The molecule has 0 amide bonds. The number of benzene rings is 4. The van der Waals surface area contributed by atoms with E-state index in [9.17, 15) is 25.9 Å². The van der Waals surface area contributed by atoms with Crippen LogP contribution in [-0.2, 0) is 20.2 Å². The fraction of sp³-hybridized carbons (Fsp3) is 0. The van der Waals surface area contributed by atoms with Crippen LogP contribution >= 0.6 is 0 Å². The molecule has 0 aliphatic rings. The van der Waals surface area contributed by atoms with Crippen LogP contribution in [0.4, 0.5) is 0 Å². The van der Waals surface area contributed by atoms with Gasteiger partial charge in [0.2, 0.25) is 0 Å². The molecule has 0 saturated heterocycles. The monoisotopic (exact) mass is 566 g/mol. The van der Waals surface area contributed by atoms with Gasteiger partial charge in [-0.3, -0.25) is 9.11 Å². The molecule has 0 heterocycles. The van der Waals surface area contributed by atoms with Crippen molar-refractivity contribution < 1.29 is 87.9 Å². The molecule has 4 aromatic carbocycles. The second-order valence-electron chi connectivity index (χ2n) is 7.94. The standard InChI is InChI=1S/C28H22O6S2.2Na.2H/c29-35(30,31)27-7-3-1-5-25(27)19-13-21-9-15-23(16-10-21)24-17-11-22(12-18-24)14-20-26-6-2-4-8-28(26)36(32,33)34;;;;/h1-20H,(H,29,30,31)(H,32,33,34);;;;/q;2*+1;2*-1. The Morgan fingerprint density at radius 3 is 1.11 bits per heavy atom. The maximum atomic E-state index is 11.5. The van der Waals surface area contributed by atoms with E-state index in [4.69, 9.17) is 0 Å². The first-order valence-electron chi connectivity index (χ1n) is 10.8. The van der Waals surface area contributed by atoms with Gasteiger partial charge < -0.3 is 2.85 Å². The summed E-state index contributed by atoms with van der Waals surface area (Å²) in [5.41, 5.74) is 4.48. The van der Waals surface area contributed by atoms with Crippen LogP contribution in [0.2, 0.25) is 0 Å². The van der Waals surface area contributed by atoms with Gasteiger partial charge in [0.15, 0.2) is 0 Å². The molecule has 0 radical (unpaired) electrons. The number of hydrogen-bond acceptors (Lipinski definition) is 4. The van der Waals surface area contributed by atoms with Gasteiger partial charge in [0.25, 0.3) is 20.2 Å². The first-order chi connectivity index (χ1) is 17.1. The Bertz CT molecular complexity index is 1550. The van der Waals surface area contributed by atoms with Gasteiger partial charge in [0.05, 0.1) is 0 Å². The Balaban J connectivity index is 0.00000380. The van der Waals surface area contributed by atoms with Crippen LogP contribution in [0.15, 0.2) is 107 Å². The van der Waals surface area contributed by atoms with Gasteiger partial charge in [-0.1, -0.05) is 109 Å². The van der Waals surface area contributed by atoms with Crippen molar-refractivity contribution in [2.45, 2.75) is 9.79 Å². The van der Waals surface area contributed by atoms with Crippen molar-refractivity contribution in [3.63, 3.8) is 0 Å². The average molecular weight is 567 g/mol. The molecule has 10 heteroatoms. The predicted octanol–water partition coefficient (Wildman–Crippen LogP) is 0.421. The summed E-state index contributed by atoms with van der Waals surface area (Å²) in [6.45, 7) is 0. The molecule has 0 spiro atoms. The summed E-state index contributed by atoms with van der Waals surface area (Å²) in [6, 6.07) is 27.8. The van der Waals surface area contributed by atoms with Crippen LogP contribution in [-0.4, -0.2) is 25.9 Å². The van der Waals surface area contributed by atoms with E-state index in [1.54, 1.807) is 60.7 Å². The Kier molecular flexibility index (Phi) is 11.9. The second-order valence-corrected chi connectivity index (χ2v) is 10.7. The Morgan fingerprint density at radius 2 is 0.789 bits per heavy atom. The molecular formula is C28H24Na2O6S2. The Labute approximate surface area is 270 Å². The largest absolute Gasteiger partial charge is 1.00 e. The predicted molar refractivity (Wildman–Crippen MR) is 144 cm³/mol. The minimum atomic E-state index is -4.31. The smallest absolute Gasteiger partial charge is 1.00 e. The van der Waals surface area contributed by atoms with E-state index in [-0.39, 0.29) is 71.8 Å². The van der Waals surface area contributed by atoms with Crippen molar-refractivity contribution in [1.29, 1.82) is 0 Å². The van der Waals surface area contributed by atoms with Crippen molar-refractivity contribution in [2.24, 2.45) is 0 Å². The summed E-state index contributed by atoms with van der Waals surface area (Å²) in [4.78, 5) is -0.290. The fourth-order valence-corrected chi connectivity index (χ4v) is 5.02. The van der Waals surface area contributed by atoms with Crippen molar-refractivity contribution in [3.05, 3.63) is 119 Å². The van der Waals surface area contributed by atoms with Gasteiger partial charge in [0.1, 0.15) is 9.79 Å². The molecule has 0 saturated carbocycles. The topological polar surface area (TPSA) is 109 Å². The molecular weight excluding hydrogens is 542 g/mol. The van der Waals surface area contributed by atoms with E-state index in [0.717, 1.165) is 22.3 Å². The van der Waals surface area contributed by atoms with Crippen LogP contribution in [0.1, 0.15) is 25.1 Å². The first-order valence-corrected chi connectivity index (χ1v) is 13.7. The molecule has 0 atom stereocenters. The summed E-state index contributed by atoms with van der Waals surface area (Å²) in [5, 5.41) is 0. The first kappa shape index (κ1) is 32.4. The van der Waals surface area contributed by atoms with Crippen LogP contribution in [0.3, 0.4) is 0 Å². The average Bonchev–Trinajstić information content (AvgIpc) is 2.86. The zero-order valence-electron chi connectivity index (χ0n) is 22.9. The maximum Gasteiger partial charge on any atom is 1.00 e. The molecule has 0 aliphatic heterocycles. The van der Waals surface area contributed by atoms with E-state index in [0.29, 0.717) is 11.1 Å². The molecule has 6 nitrogen and oxygen atoms in total. The van der Waals surface area contributed by atoms with E-state index in [1.807, 2.05) is 48.5 Å². The Morgan fingerprint density at radius 1 is 0.474 bits per heavy atom. The molecule has 0 bridgehead atoms. The van der Waals surface area contributed by atoms with Crippen molar-refractivity contribution in [1.82, 2.24) is 0 Å². The molecule has 0 aliphatic carbocycles. The van der Waals surface area contributed by atoms with Gasteiger partial charge in [-0.25, -0.2) is 0 Å². The molecule has 186 valence electrons. The number of hydrogen-bond donors (Lipinski definition) is 2. The van der Waals surface area contributed by atoms with Crippen molar-refractivity contribution >= 4 is 44.5 Å². The van der Waals surface area contributed by atoms with E-state index in [1.165, 1.54) is 12.1 Å². The van der Waals surface area contributed by atoms with Gasteiger partial charge in [-0.05, 0) is 45.5 Å². The number of rotatable bonds is 7. The van der Waals surface area contributed by atoms with Gasteiger partial charge in [0, 0.05) is 0 Å². The van der Waals surface area contributed by atoms with Gasteiger partial charge in [-0.2, -0.15) is 16.8 Å². The van der Waals surface area contributed by atoms with Crippen molar-refractivity contribution in [2.75, 3.05) is 0 Å². The molecule has 38 heavy (non-hydrogen) atoms. The van der Waals surface area contributed by atoms with Gasteiger partial charge in [-0.15, -0.1) is 0 Å². The second kappa shape index (κ2) is 14.0. The summed E-state index contributed by atoms with van der Waals surface area (Å²) in [5.74, 6) is 0. The third kappa shape index (κ3) is 8.59. The summed E-state index contributed by atoms with van der Waals surface area (Å²) >= 11 is 0. The molecule has 0 aromatic heterocycles. The quantitative estimate of drug-likeness (QED) is 0.191. The zero-order chi connectivity index (χ0) is 25.8. The van der Waals surface area contributed by atoms with Crippen LogP contribution < -0.4 is 59.1 Å². The SMILES string of the molecule is O=S(=O)(O)c1ccccc1C=Cc1ccc(-c2ccc(C=Cc3ccccc3S(=O)(=O)O)cc2)cc1.[H-].[H-].[Na+].[Na+]. The fourth-order valence-electron chi connectivity index (χ4n) is 3.65. The molecule has 2 N–H and O–H groups in total. The van der Waals surface area contributed by atoms with E-state index >= 15 is 0 Å². The third-order valence-electron chi connectivity index (χ3n) is 5.46. The molecule has 4 aromatic rings. The van der Waals surface area contributed by atoms with Crippen LogP contribution in [0.5, 0.6) is 0 Å². The molecule has 0 unspecified atom stereocenters. The van der Waals surface area contributed by atoms with Gasteiger partial charge >= 0.3 is 59.1 Å². The normalized spacial score (nSPS) is 11.7. The van der Waals surface area contributed by atoms with Crippen LogP contribution in [0, 0.1) is 0 Å². The third-order valence-corrected chi connectivity index (χ3v) is 7.31. The molecule has 4 rings (SSSR count). The minimum Gasteiger partial charge on any atom is -1.00 e. The summed E-state index contributed by atoms with van der Waals surface area (Å²) in [7, 11) is -8.61. The summed E-state index contributed by atoms with van der Waals surface area (Å²) in [6.07, 6.45) is 6.82. The van der Waals surface area contributed by atoms with E-state index in [2.05, 4.69) is 0 Å². The van der Waals surface area contributed by atoms with Crippen molar-refractivity contribution in [3.8, 4) is 11.1 Å².